The molecule has 0 amide bonds. The SMILES string of the molecule is C[Si](C)(C)C(c1ccccc1)c1ccc2c(c1)oc1ccccc12. The highest BCUT2D eigenvalue weighted by atomic mass is 28.3. The number of furan rings is 1. The van der Waals surface area contributed by atoms with E-state index >= 15 is 0 Å². The van der Waals surface area contributed by atoms with Crippen LogP contribution in [0.15, 0.2) is 77.2 Å². The van der Waals surface area contributed by atoms with Crippen molar-refractivity contribution < 1.29 is 4.42 Å². The van der Waals surface area contributed by atoms with Gasteiger partial charge in [-0.1, -0.05) is 80.3 Å². The summed E-state index contributed by atoms with van der Waals surface area (Å²) in [6.07, 6.45) is 0. The van der Waals surface area contributed by atoms with Gasteiger partial charge in [-0.2, -0.15) is 0 Å². The molecule has 1 heterocycles. The van der Waals surface area contributed by atoms with E-state index in [-0.39, 0.29) is 0 Å². The Hall–Kier alpha value is -2.32. The van der Waals surface area contributed by atoms with Crippen LogP contribution in [-0.2, 0) is 0 Å². The van der Waals surface area contributed by atoms with Crippen LogP contribution in [0.5, 0.6) is 0 Å². The van der Waals surface area contributed by atoms with Gasteiger partial charge >= 0.3 is 0 Å². The summed E-state index contributed by atoms with van der Waals surface area (Å²) in [5.74, 6) is 0. The van der Waals surface area contributed by atoms with Crippen molar-refractivity contribution in [1.29, 1.82) is 0 Å². The first kappa shape index (κ1) is 15.2. The third kappa shape index (κ3) is 2.57. The van der Waals surface area contributed by atoms with E-state index in [4.69, 9.17) is 4.42 Å². The van der Waals surface area contributed by atoms with Crippen molar-refractivity contribution in [2.24, 2.45) is 0 Å². The lowest BCUT2D eigenvalue weighted by molar-refractivity contribution is 0.668. The molecule has 0 fully saturated rings. The molecule has 24 heavy (non-hydrogen) atoms. The van der Waals surface area contributed by atoms with Crippen molar-refractivity contribution in [3.63, 3.8) is 0 Å². The number of para-hydroxylation sites is 1. The first-order valence-corrected chi connectivity index (χ1v) is 12.1. The Morgan fingerprint density at radius 2 is 1.33 bits per heavy atom. The maximum Gasteiger partial charge on any atom is 0.135 e. The lowest BCUT2D eigenvalue weighted by atomic mass is 10.0. The molecule has 3 aromatic carbocycles. The van der Waals surface area contributed by atoms with E-state index < -0.39 is 8.07 Å². The molecule has 1 aromatic heterocycles. The fourth-order valence-corrected chi connectivity index (χ4v) is 6.13. The van der Waals surface area contributed by atoms with E-state index in [1.807, 2.05) is 12.1 Å². The molecule has 120 valence electrons. The van der Waals surface area contributed by atoms with E-state index in [1.165, 1.54) is 21.9 Å². The van der Waals surface area contributed by atoms with Crippen LogP contribution in [0, 0.1) is 0 Å². The van der Waals surface area contributed by atoms with Crippen molar-refractivity contribution in [2.45, 2.75) is 25.2 Å². The average molecular weight is 331 g/mol. The van der Waals surface area contributed by atoms with Crippen LogP contribution in [0.4, 0.5) is 0 Å². The molecule has 0 radical (unpaired) electrons. The minimum absolute atomic E-state index is 0.469. The Labute approximate surface area is 143 Å². The average Bonchev–Trinajstić information content (AvgIpc) is 2.92. The molecule has 4 rings (SSSR count). The van der Waals surface area contributed by atoms with Crippen molar-refractivity contribution in [3.05, 3.63) is 83.9 Å². The number of hydrogen-bond donors (Lipinski definition) is 0. The summed E-state index contributed by atoms with van der Waals surface area (Å²) in [6, 6.07) is 25.9. The second-order valence-corrected chi connectivity index (χ2v) is 12.9. The quantitative estimate of drug-likeness (QED) is 0.386. The molecule has 0 bridgehead atoms. The summed E-state index contributed by atoms with van der Waals surface area (Å²) < 4.78 is 6.11. The van der Waals surface area contributed by atoms with Crippen LogP contribution in [0.25, 0.3) is 21.9 Å². The highest BCUT2D eigenvalue weighted by Gasteiger charge is 2.30. The van der Waals surface area contributed by atoms with E-state index in [0.29, 0.717) is 5.54 Å². The highest BCUT2D eigenvalue weighted by Crippen LogP contribution is 2.37. The molecule has 1 atom stereocenters. The molecular formula is C22H22OSi. The molecule has 0 saturated carbocycles. The first-order valence-electron chi connectivity index (χ1n) is 8.50. The van der Waals surface area contributed by atoms with E-state index in [9.17, 15) is 0 Å². The zero-order valence-electron chi connectivity index (χ0n) is 14.4. The molecule has 1 unspecified atom stereocenters. The van der Waals surface area contributed by atoms with Crippen LogP contribution in [0.3, 0.4) is 0 Å². The number of fused-ring (bicyclic) bond motifs is 3. The normalized spacial score (nSPS) is 13.5. The van der Waals surface area contributed by atoms with Gasteiger partial charge in [0.25, 0.3) is 0 Å². The largest absolute Gasteiger partial charge is 0.456 e. The molecule has 1 nitrogen and oxygen atoms in total. The fourth-order valence-electron chi connectivity index (χ4n) is 3.76. The van der Waals surface area contributed by atoms with Gasteiger partial charge in [-0.3, -0.25) is 0 Å². The molecule has 0 aliphatic rings. The van der Waals surface area contributed by atoms with Gasteiger partial charge in [-0.15, -0.1) is 0 Å². The lowest BCUT2D eigenvalue weighted by Crippen LogP contribution is -2.31. The van der Waals surface area contributed by atoms with Crippen molar-refractivity contribution >= 4 is 30.0 Å². The predicted molar refractivity (Wildman–Crippen MR) is 105 cm³/mol. The van der Waals surface area contributed by atoms with E-state index in [1.54, 1.807) is 0 Å². The van der Waals surface area contributed by atoms with Crippen molar-refractivity contribution in [1.82, 2.24) is 0 Å². The van der Waals surface area contributed by atoms with Crippen molar-refractivity contribution in [3.8, 4) is 0 Å². The van der Waals surface area contributed by atoms with Gasteiger partial charge in [0.05, 0.1) is 8.07 Å². The monoisotopic (exact) mass is 330 g/mol. The second-order valence-electron chi connectivity index (χ2n) is 7.56. The molecule has 2 heteroatoms. The molecule has 0 saturated heterocycles. The zero-order valence-corrected chi connectivity index (χ0v) is 15.4. The summed E-state index contributed by atoms with van der Waals surface area (Å²) >= 11 is 0. The summed E-state index contributed by atoms with van der Waals surface area (Å²) in [6.45, 7) is 7.31. The van der Waals surface area contributed by atoms with Gasteiger partial charge in [0.15, 0.2) is 0 Å². The van der Waals surface area contributed by atoms with Crippen LogP contribution < -0.4 is 0 Å². The Morgan fingerprint density at radius 3 is 2.08 bits per heavy atom. The maximum absolute atomic E-state index is 6.11. The number of benzene rings is 3. The highest BCUT2D eigenvalue weighted by molar-refractivity contribution is 6.78. The van der Waals surface area contributed by atoms with Gasteiger partial charge in [-0.25, -0.2) is 0 Å². The lowest BCUT2D eigenvalue weighted by Gasteiger charge is -2.30. The van der Waals surface area contributed by atoms with Gasteiger partial charge in [0, 0.05) is 16.3 Å². The second kappa shape index (κ2) is 5.64. The Bertz CT molecular complexity index is 993. The summed E-state index contributed by atoms with van der Waals surface area (Å²) in [4.78, 5) is 0. The topological polar surface area (TPSA) is 13.1 Å². The molecule has 0 aliphatic heterocycles. The minimum atomic E-state index is -1.44. The Morgan fingerprint density at radius 1 is 0.667 bits per heavy atom. The summed E-state index contributed by atoms with van der Waals surface area (Å²) in [5.41, 5.74) is 5.21. The maximum atomic E-state index is 6.11. The van der Waals surface area contributed by atoms with Crippen LogP contribution in [0.2, 0.25) is 19.6 Å². The van der Waals surface area contributed by atoms with Gasteiger partial charge in [0.1, 0.15) is 11.2 Å². The van der Waals surface area contributed by atoms with E-state index in [2.05, 4.69) is 80.3 Å². The number of rotatable bonds is 3. The van der Waals surface area contributed by atoms with Crippen molar-refractivity contribution in [2.75, 3.05) is 0 Å². The zero-order chi connectivity index (χ0) is 16.7. The fraction of sp³-hybridized carbons (Fsp3) is 0.182. The molecule has 0 N–H and O–H groups in total. The molecular weight excluding hydrogens is 308 g/mol. The Kier molecular flexibility index (Phi) is 3.58. The van der Waals surface area contributed by atoms with E-state index in [0.717, 1.165) is 11.2 Å². The third-order valence-electron chi connectivity index (χ3n) is 4.74. The predicted octanol–water partition coefficient (Wildman–Crippen LogP) is 6.60. The van der Waals surface area contributed by atoms with Crippen LogP contribution >= 0.6 is 0 Å². The molecule has 4 aromatic rings. The number of hydrogen-bond acceptors (Lipinski definition) is 1. The standard InChI is InChI=1S/C22H22OSi/c1-24(2,3)22(16-9-5-4-6-10-16)17-13-14-19-18-11-7-8-12-20(18)23-21(19)15-17/h4-15,22H,1-3H3. The molecule has 0 aliphatic carbocycles. The van der Waals surface area contributed by atoms with Crippen LogP contribution in [0.1, 0.15) is 16.7 Å². The van der Waals surface area contributed by atoms with Gasteiger partial charge in [0.2, 0.25) is 0 Å². The minimum Gasteiger partial charge on any atom is -0.456 e. The smallest absolute Gasteiger partial charge is 0.135 e. The van der Waals surface area contributed by atoms with Crippen LogP contribution in [-0.4, -0.2) is 8.07 Å². The Balaban J connectivity index is 1.91. The van der Waals surface area contributed by atoms with Gasteiger partial charge < -0.3 is 4.42 Å². The summed E-state index contributed by atoms with van der Waals surface area (Å²) in [7, 11) is -1.44. The van der Waals surface area contributed by atoms with Gasteiger partial charge in [-0.05, 0) is 23.3 Å². The molecule has 0 spiro atoms. The first-order chi connectivity index (χ1) is 11.5. The third-order valence-corrected chi connectivity index (χ3v) is 7.13. The summed E-state index contributed by atoms with van der Waals surface area (Å²) in [5, 5.41) is 2.40.